The number of hydrogen-bond acceptors (Lipinski definition) is 5. The van der Waals surface area contributed by atoms with Crippen molar-refractivity contribution in [2.45, 2.75) is 13.1 Å². The standard InChI is InChI=1S/C20H26N4O2/c25-19-9-5-4-8-18(19)14-21-22-20(26)16-24-12-10-23(11-13-24)15-17-6-2-1-3-7-17/h1-9,21,25H,10-16H2,(H,22,26). The van der Waals surface area contributed by atoms with Crippen LogP contribution < -0.4 is 10.9 Å². The number of hydrogen-bond donors (Lipinski definition) is 3. The fraction of sp³-hybridized carbons (Fsp3) is 0.350. The van der Waals surface area contributed by atoms with E-state index in [1.165, 1.54) is 5.56 Å². The van der Waals surface area contributed by atoms with Crippen LogP contribution in [0.5, 0.6) is 5.75 Å². The number of rotatable bonds is 7. The molecule has 1 aliphatic heterocycles. The Hall–Kier alpha value is -2.41. The summed E-state index contributed by atoms with van der Waals surface area (Å²) in [5, 5.41) is 9.70. The monoisotopic (exact) mass is 354 g/mol. The molecule has 1 saturated heterocycles. The van der Waals surface area contributed by atoms with Gasteiger partial charge in [-0.25, -0.2) is 5.43 Å². The van der Waals surface area contributed by atoms with Crippen LogP contribution in [0.15, 0.2) is 54.6 Å². The first-order valence-electron chi connectivity index (χ1n) is 8.98. The summed E-state index contributed by atoms with van der Waals surface area (Å²) in [4.78, 5) is 16.6. The summed E-state index contributed by atoms with van der Waals surface area (Å²) >= 11 is 0. The minimum absolute atomic E-state index is 0.0584. The SMILES string of the molecule is O=C(CN1CCN(Cc2ccccc2)CC1)NNCc1ccccc1O. The number of phenols is 1. The molecule has 6 heteroatoms. The number of hydrazine groups is 1. The van der Waals surface area contributed by atoms with Gasteiger partial charge in [0.05, 0.1) is 6.54 Å². The van der Waals surface area contributed by atoms with Gasteiger partial charge in [0.2, 0.25) is 5.91 Å². The molecule has 0 aromatic heterocycles. The summed E-state index contributed by atoms with van der Waals surface area (Å²) in [5.74, 6) is 0.167. The normalized spacial score (nSPS) is 15.7. The van der Waals surface area contributed by atoms with Crippen LogP contribution in [0.1, 0.15) is 11.1 Å². The quantitative estimate of drug-likeness (QED) is 0.655. The van der Waals surface area contributed by atoms with E-state index in [-0.39, 0.29) is 11.7 Å². The Bertz CT molecular complexity index is 700. The highest BCUT2D eigenvalue weighted by Gasteiger charge is 2.18. The van der Waals surface area contributed by atoms with Crippen molar-refractivity contribution in [3.05, 3.63) is 65.7 Å². The van der Waals surface area contributed by atoms with E-state index in [9.17, 15) is 9.90 Å². The maximum Gasteiger partial charge on any atom is 0.248 e. The van der Waals surface area contributed by atoms with Crippen LogP contribution in [0.3, 0.4) is 0 Å². The van der Waals surface area contributed by atoms with Crippen LogP contribution in [-0.4, -0.2) is 53.5 Å². The van der Waals surface area contributed by atoms with Gasteiger partial charge in [0.15, 0.2) is 0 Å². The zero-order chi connectivity index (χ0) is 18.2. The first-order chi connectivity index (χ1) is 12.7. The molecule has 0 unspecified atom stereocenters. The van der Waals surface area contributed by atoms with Crippen molar-refractivity contribution in [2.75, 3.05) is 32.7 Å². The number of nitrogens with one attached hydrogen (secondary N) is 2. The van der Waals surface area contributed by atoms with E-state index in [2.05, 4.69) is 44.9 Å². The molecule has 0 atom stereocenters. The maximum absolute atomic E-state index is 12.1. The van der Waals surface area contributed by atoms with E-state index < -0.39 is 0 Å². The average Bonchev–Trinajstić information content (AvgIpc) is 2.66. The molecule has 1 amide bonds. The molecule has 3 rings (SSSR count). The predicted octanol–water partition coefficient (Wildman–Crippen LogP) is 1.33. The van der Waals surface area contributed by atoms with E-state index >= 15 is 0 Å². The maximum atomic E-state index is 12.1. The molecule has 0 spiro atoms. The second kappa shape index (κ2) is 9.33. The lowest BCUT2D eigenvalue weighted by molar-refractivity contribution is -0.123. The predicted molar refractivity (Wildman–Crippen MR) is 101 cm³/mol. The molecule has 1 aliphatic rings. The third kappa shape index (κ3) is 5.56. The van der Waals surface area contributed by atoms with Gasteiger partial charge >= 0.3 is 0 Å². The number of aromatic hydroxyl groups is 1. The molecule has 1 heterocycles. The molecular weight excluding hydrogens is 328 g/mol. The van der Waals surface area contributed by atoms with Crippen LogP contribution in [0.2, 0.25) is 0 Å². The summed E-state index contributed by atoms with van der Waals surface area (Å²) in [5.41, 5.74) is 7.66. The van der Waals surface area contributed by atoms with Crippen molar-refractivity contribution < 1.29 is 9.90 Å². The molecule has 2 aromatic rings. The van der Waals surface area contributed by atoms with Gasteiger partial charge in [-0.05, 0) is 11.6 Å². The van der Waals surface area contributed by atoms with Crippen LogP contribution in [0.25, 0.3) is 0 Å². The Morgan fingerprint density at radius 3 is 2.31 bits per heavy atom. The Kier molecular flexibility index (Phi) is 6.60. The van der Waals surface area contributed by atoms with Crippen LogP contribution >= 0.6 is 0 Å². The Morgan fingerprint density at radius 2 is 1.58 bits per heavy atom. The van der Waals surface area contributed by atoms with E-state index in [4.69, 9.17) is 0 Å². The van der Waals surface area contributed by atoms with Crippen molar-refractivity contribution in [3.8, 4) is 5.75 Å². The summed E-state index contributed by atoms with van der Waals surface area (Å²) < 4.78 is 0. The van der Waals surface area contributed by atoms with Gasteiger partial charge in [-0.3, -0.25) is 20.0 Å². The third-order valence-electron chi connectivity index (χ3n) is 4.58. The minimum Gasteiger partial charge on any atom is -0.508 e. The zero-order valence-electron chi connectivity index (χ0n) is 14.9. The van der Waals surface area contributed by atoms with Crippen molar-refractivity contribution in [3.63, 3.8) is 0 Å². The average molecular weight is 354 g/mol. The Labute approximate surface area is 154 Å². The molecular formula is C20H26N4O2. The number of phenolic OH excluding ortho intramolecular Hbond substituents is 1. The first kappa shape index (κ1) is 18.4. The first-order valence-corrected chi connectivity index (χ1v) is 8.98. The van der Waals surface area contributed by atoms with Crippen molar-refractivity contribution >= 4 is 5.91 Å². The largest absolute Gasteiger partial charge is 0.508 e. The number of benzene rings is 2. The van der Waals surface area contributed by atoms with Gasteiger partial charge < -0.3 is 5.11 Å². The number of carbonyl (C=O) groups is 1. The summed E-state index contributed by atoms with van der Waals surface area (Å²) in [7, 11) is 0. The summed E-state index contributed by atoms with van der Waals surface area (Å²) in [6, 6.07) is 17.5. The van der Waals surface area contributed by atoms with Gasteiger partial charge in [-0.1, -0.05) is 48.5 Å². The molecule has 0 aliphatic carbocycles. The fourth-order valence-electron chi connectivity index (χ4n) is 3.09. The van der Waals surface area contributed by atoms with Crippen molar-refractivity contribution in [2.24, 2.45) is 0 Å². The van der Waals surface area contributed by atoms with E-state index in [0.29, 0.717) is 13.1 Å². The van der Waals surface area contributed by atoms with Gasteiger partial charge in [-0.15, -0.1) is 0 Å². The lowest BCUT2D eigenvalue weighted by Crippen LogP contribution is -2.50. The fourth-order valence-corrected chi connectivity index (χ4v) is 3.09. The molecule has 26 heavy (non-hydrogen) atoms. The topological polar surface area (TPSA) is 67.8 Å². The van der Waals surface area contributed by atoms with Gasteiger partial charge in [0.25, 0.3) is 0 Å². The van der Waals surface area contributed by atoms with E-state index in [1.54, 1.807) is 12.1 Å². The minimum atomic E-state index is -0.0584. The second-order valence-corrected chi connectivity index (χ2v) is 6.57. The number of amides is 1. The van der Waals surface area contributed by atoms with E-state index in [1.807, 2.05) is 18.2 Å². The second-order valence-electron chi connectivity index (χ2n) is 6.57. The van der Waals surface area contributed by atoms with Crippen molar-refractivity contribution in [1.29, 1.82) is 0 Å². The van der Waals surface area contributed by atoms with Crippen LogP contribution in [0, 0.1) is 0 Å². The number of carbonyl (C=O) groups excluding carboxylic acids is 1. The van der Waals surface area contributed by atoms with Gasteiger partial charge in [0, 0.05) is 44.8 Å². The summed E-state index contributed by atoms with van der Waals surface area (Å²) in [6.07, 6.45) is 0. The van der Waals surface area contributed by atoms with Crippen LogP contribution in [-0.2, 0) is 17.9 Å². The molecule has 3 N–H and O–H groups in total. The highest BCUT2D eigenvalue weighted by atomic mass is 16.3. The highest BCUT2D eigenvalue weighted by Crippen LogP contribution is 2.14. The third-order valence-corrected chi connectivity index (χ3v) is 4.58. The van der Waals surface area contributed by atoms with Gasteiger partial charge in [-0.2, -0.15) is 0 Å². The van der Waals surface area contributed by atoms with Crippen LogP contribution in [0.4, 0.5) is 0 Å². The van der Waals surface area contributed by atoms with E-state index in [0.717, 1.165) is 38.3 Å². The Morgan fingerprint density at radius 1 is 0.923 bits per heavy atom. The highest BCUT2D eigenvalue weighted by molar-refractivity contribution is 5.77. The number of para-hydroxylation sites is 1. The number of nitrogens with zero attached hydrogens (tertiary/aromatic N) is 2. The molecule has 2 aromatic carbocycles. The molecule has 0 saturated carbocycles. The number of piperazine rings is 1. The molecule has 1 fully saturated rings. The lowest BCUT2D eigenvalue weighted by Gasteiger charge is -2.34. The smallest absolute Gasteiger partial charge is 0.248 e. The molecule has 0 radical (unpaired) electrons. The van der Waals surface area contributed by atoms with Crippen molar-refractivity contribution in [1.82, 2.24) is 20.7 Å². The Balaban J connectivity index is 1.34. The van der Waals surface area contributed by atoms with Gasteiger partial charge in [0.1, 0.15) is 5.75 Å². The summed E-state index contributed by atoms with van der Waals surface area (Å²) in [6.45, 7) is 5.44. The molecule has 6 nitrogen and oxygen atoms in total. The lowest BCUT2D eigenvalue weighted by atomic mass is 10.2. The molecule has 138 valence electrons. The zero-order valence-corrected chi connectivity index (χ0v) is 14.9. The molecule has 0 bridgehead atoms.